The largest absolute Gasteiger partial charge is 0.416 e. The lowest BCUT2D eigenvalue weighted by molar-refractivity contribution is -0.385. The van der Waals surface area contributed by atoms with E-state index in [1.807, 2.05) is 0 Å². The quantitative estimate of drug-likeness (QED) is 0.180. The summed E-state index contributed by atoms with van der Waals surface area (Å²) in [4.78, 5) is 46.5. The van der Waals surface area contributed by atoms with E-state index >= 15 is 0 Å². The summed E-state index contributed by atoms with van der Waals surface area (Å²) >= 11 is 0. The summed E-state index contributed by atoms with van der Waals surface area (Å²) in [5.41, 5.74) is 1.06. The molecule has 0 saturated carbocycles. The zero-order valence-electron chi connectivity index (χ0n) is 20.9. The van der Waals surface area contributed by atoms with Gasteiger partial charge in [0, 0.05) is 34.6 Å². The molecule has 202 valence electrons. The molecule has 0 bridgehead atoms. The first-order valence-corrected chi connectivity index (χ1v) is 11.9. The number of amides is 2. The van der Waals surface area contributed by atoms with Gasteiger partial charge in [-0.05, 0) is 54.6 Å². The van der Waals surface area contributed by atoms with Crippen LogP contribution in [-0.4, -0.2) is 31.9 Å². The van der Waals surface area contributed by atoms with Crippen LogP contribution in [0.1, 0.15) is 20.7 Å². The normalized spacial score (nSPS) is 10.5. The van der Waals surface area contributed by atoms with Gasteiger partial charge in [0.25, 0.3) is 23.2 Å². The van der Waals surface area contributed by atoms with E-state index in [1.165, 1.54) is 48.5 Å². The third-order valence-electron chi connectivity index (χ3n) is 5.87. The number of nitrogens with one attached hydrogen (secondary N) is 2. The summed E-state index contributed by atoms with van der Waals surface area (Å²) in [6.07, 6.45) is 0. The zero-order valence-corrected chi connectivity index (χ0v) is 20.9. The second-order valence-electron chi connectivity index (χ2n) is 8.53. The smallest absolute Gasteiger partial charge is 0.282 e. The number of nitro benzene ring substituents is 2. The molecular weight excluding hydrogens is 532 g/mol. The Labute approximate surface area is 230 Å². The van der Waals surface area contributed by atoms with Crippen LogP contribution in [0.5, 0.6) is 0 Å². The molecule has 0 aliphatic carbocycles. The number of hydrogen-bond donors (Lipinski definition) is 2. The molecule has 0 aliphatic rings. The Morgan fingerprint density at radius 2 is 1.12 bits per heavy atom. The van der Waals surface area contributed by atoms with Crippen LogP contribution < -0.4 is 10.6 Å². The predicted octanol–water partition coefficient (Wildman–Crippen LogP) is 5.72. The van der Waals surface area contributed by atoms with Crippen LogP contribution in [0.4, 0.5) is 22.7 Å². The van der Waals surface area contributed by atoms with E-state index in [2.05, 4.69) is 20.8 Å². The number of para-hydroxylation sites is 2. The molecule has 0 radical (unpaired) electrons. The summed E-state index contributed by atoms with van der Waals surface area (Å²) < 4.78 is 5.80. The van der Waals surface area contributed by atoms with Crippen LogP contribution in [0.15, 0.2) is 101 Å². The summed E-state index contributed by atoms with van der Waals surface area (Å²) in [6.45, 7) is 0. The number of rotatable bonds is 8. The van der Waals surface area contributed by atoms with Gasteiger partial charge in [-0.3, -0.25) is 29.8 Å². The molecule has 2 N–H and O–H groups in total. The van der Waals surface area contributed by atoms with Gasteiger partial charge in [-0.25, -0.2) is 0 Å². The summed E-state index contributed by atoms with van der Waals surface area (Å²) in [5.74, 6) is -0.921. The summed E-state index contributed by atoms with van der Waals surface area (Å²) in [5, 5.41) is 35.8. The maximum atomic E-state index is 12.7. The number of benzene rings is 4. The fraction of sp³-hybridized carbons (Fsp3) is 0. The molecule has 0 saturated heterocycles. The molecule has 0 spiro atoms. The Hall–Kier alpha value is -6.24. The molecule has 0 aliphatic heterocycles. The number of nitrogens with zero attached hydrogens (tertiary/aromatic N) is 4. The van der Waals surface area contributed by atoms with Crippen molar-refractivity contribution in [3.8, 4) is 22.9 Å². The van der Waals surface area contributed by atoms with Gasteiger partial charge in [-0.1, -0.05) is 30.3 Å². The highest BCUT2D eigenvalue weighted by Crippen LogP contribution is 2.28. The average molecular weight is 550 g/mol. The Kier molecular flexibility index (Phi) is 7.23. The molecular formula is C28H18N6O7. The molecule has 5 aromatic rings. The van der Waals surface area contributed by atoms with Crippen LogP contribution >= 0.6 is 0 Å². The van der Waals surface area contributed by atoms with Gasteiger partial charge in [0.15, 0.2) is 0 Å². The molecule has 1 heterocycles. The first-order chi connectivity index (χ1) is 19.8. The van der Waals surface area contributed by atoms with Gasteiger partial charge in [0.1, 0.15) is 11.1 Å². The van der Waals surface area contributed by atoms with Crippen molar-refractivity contribution in [3.05, 3.63) is 128 Å². The predicted molar refractivity (Wildman–Crippen MR) is 147 cm³/mol. The summed E-state index contributed by atoms with van der Waals surface area (Å²) in [7, 11) is 0. The van der Waals surface area contributed by atoms with Crippen LogP contribution in [-0.2, 0) is 0 Å². The highest BCUT2D eigenvalue weighted by molar-refractivity contribution is 6.07. The van der Waals surface area contributed by atoms with Gasteiger partial charge in [-0.2, -0.15) is 0 Å². The Balaban J connectivity index is 1.29. The van der Waals surface area contributed by atoms with E-state index in [1.54, 1.807) is 48.5 Å². The van der Waals surface area contributed by atoms with Crippen molar-refractivity contribution < 1.29 is 23.9 Å². The van der Waals surface area contributed by atoms with E-state index in [0.717, 1.165) is 0 Å². The number of hydrogen-bond acceptors (Lipinski definition) is 9. The summed E-state index contributed by atoms with van der Waals surface area (Å²) in [6, 6.07) is 24.3. The minimum Gasteiger partial charge on any atom is -0.416 e. The van der Waals surface area contributed by atoms with Gasteiger partial charge in [0.05, 0.1) is 9.85 Å². The number of carbonyl (C=O) groups is 2. The monoisotopic (exact) mass is 550 g/mol. The highest BCUT2D eigenvalue weighted by atomic mass is 16.6. The molecule has 41 heavy (non-hydrogen) atoms. The van der Waals surface area contributed by atoms with Crippen molar-refractivity contribution in [2.75, 3.05) is 10.6 Å². The van der Waals surface area contributed by atoms with Crippen molar-refractivity contribution in [2.24, 2.45) is 0 Å². The van der Waals surface area contributed by atoms with Crippen LogP contribution in [0.2, 0.25) is 0 Å². The van der Waals surface area contributed by atoms with Gasteiger partial charge in [-0.15, -0.1) is 10.2 Å². The van der Waals surface area contributed by atoms with Crippen LogP contribution in [0, 0.1) is 20.2 Å². The number of carbonyl (C=O) groups excluding carboxylic acids is 2. The molecule has 4 aromatic carbocycles. The molecule has 0 atom stereocenters. The first kappa shape index (κ1) is 26.4. The lowest BCUT2D eigenvalue weighted by Crippen LogP contribution is -2.13. The van der Waals surface area contributed by atoms with Gasteiger partial charge in [0.2, 0.25) is 11.8 Å². The Morgan fingerprint density at radius 1 is 0.610 bits per heavy atom. The van der Waals surface area contributed by atoms with E-state index in [-0.39, 0.29) is 34.3 Å². The van der Waals surface area contributed by atoms with Crippen molar-refractivity contribution in [1.82, 2.24) is 10.2 Å². The number of nitro groups is 2. The third-order valence-corrected chi connectivity index (χ3v) is 5.87. The average Bonchev–Trinajstić information content (AvgIpc) is 3.48. The second kappa shape index (κ2) is 11.2. The maximum absolute atomic E-state index is 12.7. The Morgan fingerprint density at radius 3 is 1.68 bits per heavy atom. The fourth-order valence-corrected chi connectivity index (χ4v) is 3.93. The molecule has 2 amide bonds. The lowest BCUT2D eigenvalue weighted by Gasteiger charge is -2.07. The molecule has 5 rings (SSSR count). The van der Waals surface area contributed by atoms with Crippen molar-refractivity contribution in [2.45, 2.75) is 0 Å². The second-order valence-corrected chi connectivity index (χ2v) is 8.53. The third kappa shape index (κ3) is 5.78. The molecule has 0 fully saturated rings. The molecule has 13 nitrogen and oxygen atoms in total. The SMILES string of the molecule is O=C(Nc1ccc(-c2nnc(-c3cccc(NC(=O)c4ccccc4[N+](=O)[O-])c3)o2)cc1)c1ccccc1[N+](=O)[O-]. The number of anilines is 2. The van der Waals surface area contributed by atoms with Crippen LogP contribution in [0.25, 0.3) is 22.9 Å². The minimum absolute atomic E-state index is 0.0662. The van der Waals surface area contributed by atoms with Crippen LogP contribution in [0.3, 0.4) is 0 Å². The van der Waals surface area contributed by atoms with E-state index in [4.69, 9.17) is 4.42 Å². The standard InChI is InChI=1S/C28H18N6O7/c35-25(21-8-1-3-10-23(21)33(37)38)29-19-14-12-17(13-15-19)27-31-32-28(41-27)18-6-5-7-20(16-18)30-26(36)22-9-2-4-11-24(22)34(39)40/h1-16H,(H,29,35)(H,30,36). The number of aromatic nitrogens is 2. The molecule has 13 heteroatoms. The highest BCUT2D eigenvalue weighted by Gasteiger charge is 2.21. The van der Waals surface area contributed by atoms with Crippen molar-refractivity contribution >= 4 is 34.6 Å². The lowest BCUT2D eigenvalue weighted by atomic mass is 10.1. The van der Waals surface area contributed by atoms with E-state index in [0.29, 0.717) is 22.5 Å². The molecule has 0 unspecified atom stereocenters. The minimum atomic E-state index is -0.644. The van der Waals surface area contributed by atoms with Gasteiger partial charge >= 0.3 is 0 Å². The van der Waals surface area contributed by atoms with Gasteiger partial charge < -0.3 is 15.1 Å². The topological polar surface area (TPSA) is 183 Å². The van der Waals surface area contributed by atoms with Crippen molar-refractivity contribution in [1.29, 1.82) is 0 Å². The van der Waals surface area contributed by atoms with Crippen molar-refractivity contribution in [3.63, 3.8) is 0 Å². The Bertz CT molecular complexity index is 1800. The van der Waals surface area contributed by atoms with E-state index in [9.17, 15) is 29.8 Å². The maximum Gasteiger partial charge on any atom is 0.282 e. The zero-order chi connectivity index (χ0) is 28.9. The fourth-order valence-electron chi connectivity index (χ4n) is 3.93. The molecule has 1 aromatic heterocycles. The van der Waals surface area contributed by atoms with E-state index < -0.39 is 21.7 Å². The first-order valence-electron chi connectivity index (χ1n) is 11.9.